The van der Waals surface area contributed by atoms with Gasteiger partial charge >= 0.3 is 0 Å². The predicted octanol–water partition coefficient (Wildman–Crippen LogP) is 2.19. The number of piperidine rings is 1. The minimum Gasteiger partial charge on any atom is -0.390 e. The lowest BCUT2D eigenvalue weighted by Gasteiger charge is -2.45. The van der Waals surface area contributed by atoms with Crippen molar-refractivity contribution in [3.63, 3.8) is 0 Å². The number of aliphatic hydroxyl groups is 1. The minimum absolute atomic E-state index is 0.00248. The highest BCUT2D eigenvalue weighted by Gasteiger charge is 2.34. The van der Waals surface area contributed by atoms with E-state index < -0.39 is 6.10 Å². The van der Waals surface area contributed by atoms with E-state index in [4.69, 9.17) is 0 Å². The van der Waals surface area contributed by atoms with Gasteiger partial charge in [0.15, 0.2) is 5.78 Å². The second-order valence-corrected chi connectivity index (χ2v) is 7.81. The molecule has 0 aliphatic carbocycles. The molecule has 2 aliphatic rings. The lowest BCUT2D eigenvalue weighted by atomic mass is 9.99. The van der Waals surface area contributed by atoms with Gasteiger partial charge in [-0.25, -0.2) is 9.37 Å². The standard InChI is InChI=1S/C22H27FN4O2/c1-16(28)17-6-7-22(24-14-17)27-9-8-20(21(29)15-27)26-12-10-25(11-13-26)19-5-3-2-4-18(19)23/h2-7,14,20-21,29H,8-13,15H2,1H3/t20-,21-/m0/s1. The first-order chi connectivity index (χ1) is 14.0. The number of pyridine rings is 1. The third kappa shape index (κ3) is 4.26. The molecule has 2 atom stereocenters. The zero-order valence-corrected chi connectivity index (χ0v) is 16.7. The first-order valence-corrected chi connectivity index (χ1v) is 10.2. The molecule has 2 aliphatic heterocycles. The van der Waals surface area contributed by atoms with Gasteiger partial charge in [-0.1, -0.05) is 12.1 Å². The first-order valence-electron chi connectivity index (χ1n) is 10.2. The number of Topliss-reactive ketones (excluding diaryl/α,β-unsaturated/α-hetero) is 1. The van der Waals surface area contributed by atoms with Gasteiger partial charge < -0.3 is 14.9 Å². The van der Waals surface area contributed by atoms with Gasteiger partial charge in [-0.15, -0.1) is 0 Å². The Labute approximate surface area is 170 Å². The molecule has 0 radical (unpaired) electrons. The van der Waals surface area contributed by atoms with Crippen LogP contribution in [0, 0.1) is 5.82 Å². The number of para-hydroxylation sites is 1. The number of aliphatic hydroxyl groups excluding tert-OH is 1. The number of hydrogen-bond donors (Lipinski definition) is 1. The van der Waals surface area contributed by atoms with Crippen LogP contribution in [0.4, 0.5) is 15.9 Å². The minimum atomic E-state index is -0.474. The van der Waals surface area contributed by atoms with E-state index in [9.17, 15) is 14.3 Å². The summed E-state index contributed by atoms with van der Waals surface area (Å²) in [4.78, 5) is 22.3. The second kappa shape index (κ2) is 8.47. The molecule has 4 rings (SSSR count). The molecule has 1 N–H and O–H groups in total. The number of nitrogens with zero attached hydrogens (tertiary/aromatic N) is 4. The van der Waals surface area contributed by atoms with Gasteiger partial charge in [-0.3, -0.25) is 9.69 Å². The molecule has 7 heteroatoms. The van der Waals surface area contributed by atoms with Crippen molar-refractivity contribution in [2.45, 2.75) is 25.5 Å². The van der Waals surface area contributed by atoms with Crippen molar-refractivity contribution >= 4 is 17.3 Å². The lowest BCUT2D eigenvalue weighted by Crippen LogP contribution is -2.59. The Morgan fingerprint density at radius 3 is 2.45 bits per heavy atom. The maximum Gasteiger partial charge on any atom is 0.161 e. The normalized spacial score (nSPS) is 23.3. The molecule has 2 fully saturated rings. The van der Waals surface area contributed by atoms with Crippen LogP contribution >= 0.6 is 0 Å². The Morgan fingerprint density at radius 1 is 1.07 bits per heavy atom. The molecule has 0 unspecified atom stereocenters. The number of ketones is 1. The molecule has 1 aromatic heterocycles. The first kappa shape index (κ1) is 19.8. The van der Waals surface area contributed by atoms with E-state index in [2.05, 4.69) is 19.7 Å². The van der Waals surface area contributed by atoms with Crippen molar-refractivity contribution < 1.29 is 14.3 Å². The molecule has 0 bridgehead atoms. The summed E-state index contributed by atoms with van der Waals surface area (Å²) < 4.78 is 14.0. The summed E-state index contributed by atoms with van der Waals surface area (Å²) >= 11 is 0. The van der Waals surface area contributed by atoms with Crippen molar-refractivity contribution in [1.82, 2.24) is 9.88 Å². The molecule has 0 saturated carbocycles. The third-order valence-corrected chi connectivity index (χ3v) is 6.00. The fourth-order valence-electron chi connectivity index (χ4n) is 4.34. The fraction of sp³-hybridized carbons (Fsp3) is 0.455. The summed E-state index contributed by atoms with van der Waals surface area (Å²) in [5.41, 5.74) is 1.25. The average molecular weight is 398 g/mol. The monoisotopic (exact) mass is 398 g/mol. The number of carbonyl (C=O) groups is 1. The Hall–Kier alpha value is -2.51. The van der Waals surface area contributed by atoms with Crippen LogP contribution in [0.1, 0.15) is 23.7 Å². The molecule has 1 aromatic carbocycles. The SMILES string of the molecule is CC(=O)c1ccc(N2CC[C@H](N3CCN(c4ccccc4F)CC3)[C@@H](O)C2)nc1. The smallest absolute Gasteiger partial charge is 0.161 e. The Morgan fingerprint density at radius 2 is 1.83 bits per heavy atom. The largest absolute Gasteiger partial charge is 0.390 e. The molecular weight excluding hydrogens is 371 g/mol. The third-order valence-electron chi connectivity index (χ3n) is 6.00. The van der Waals surface area contributed by atoms with Gasteiger partial charge in [0.1, 0.15) is 11.6 Å². The lowest BCUT2D eigenvalue weighted by molar-refractivity contribution is 0.0336. The van der Waals surface area contributed by atoms with Gasteiger partial charge in [0.25, 0.3) is 0 Å². The zero-order chi connectivity index (χ0) is 20.4. The van der Waals surface area contributed by atoms with Gasteiger partial charge in [0, 0.05) is 57.1 Å². The van der Waals surface area contributed by atoms with E-state index in [1.54, 1.807) is 18.3 Å². The average Bonchev–Trinajstić information content (AvgIpc) is 2.74. The highest BCUT2D eigenvalue weighted by Crippen LogP contribution is 2.25. The van der Waals surface area contributed by atoms with E-state index >= 15 is 0 Å². The van der Waals surface area contributed by atoms with Crippen molar-refractivity contribution in [1.29, 1.82) is 0 Å². The highest BCUT2D eigenvalue weighted by molar-refractivity contribution is 5.93. The fourth-order valence-corrected chi connectivity index (χ4v) is 4.34. The Balaban J connectivity index is 1.34. The maximum absolute atomic E-state index is 14.0. The molecule has 154 valence electrons. The zero-order valence-electron chi connectivity index (χ0n) is 16.7. The summed E-state index contributed by atoms with van der Waals surface area (Å²) in [6.07, 6.45) is 1.97. The number of aromatic nitrogens is 1. The number of benzene rings is 1. The molecule has 0 spiro atoms. The summed E-state index contributed by atoms with van der Waals surface area (Å²) in [5, 5.41) is 10.8. The number of hydrogen-bond acceptors (Lipinski definition) is 6. The van der Waals surface area contributed by atoms with Crippen molar-refractivity contribution in [3.05, 3.63) is 54.0 Å². The summed E-state index contributed by atoms with van der Waals surface area (Å²) in [6.45, 7) is 5.97. The molecule has 2 aromatic rings. The number of carbonyl (C=O) groups excluding carboxylic acids is 1. The summed E-state index contributed by atoms with van der Waals surface area (Å²) in [5.74, 6) is 0.603. The van der Waals surface area contributed by atoms with E-state index in [0.717, 1.165) is 45.0 Å². The number of piperazine rings is 1. The van der Waals surface area contributed by atoms with Crippen LogP contribution in [0.25, 0.3) is 0 Å². The summed E-state index contributed by atoms with van der Waals surface area (Å²) in [6, 6.07) is 10.6. The predicted molar refractivity (Wildman–Crippen MR) is 111 cm³/mol. The molecule has 2 saturated heterocycles. The molecule has 29 heavy (non-hydrogen) atoms. The van der Waals surface area contributed by atoms with Gasteiger partial charge in [-0.05, 0) is 37.6 Å². The van der Waals surface area contributed by atoms with Crippen LogP contribution in [0.15, 0.2) is 42.6 Å². The Kier molecular flexibility index (Phi) is 5.78. The van der Waals surface area contributed by atoms with Crippen LogP contribution in [0.3, 0.4) is 0 Å². The molecular formula is C22H27FN4O2. The second-order valence-electron chi connectivity index (χ2n) is 7.81. The van der Waals surface area contributed by atoms with Crippen molar-refractivity contribution in [2.75, 3.05) is 49.1 Å². The van der Waals surface area contributed by atoms with Crippen molar-refractivity contribution in [3.8, 4) is 0 Å². The van der Waals surface area contributed by atoms with E-state index in [-0.39, 0.29) is 17.6 Å². The quantitative estimate of drug-likeness (QED) is 0.797. The number of halogens is 1. The van der Waals surface area contributed by atoms with Crippen LogP contribution < -0.4 is 9.80 Å². The topological polar surface area (TPSA) is 59.9 Å². The highest BCUT2D eigenvalue weighted by atomic mass is 19.1. The maximum atomic E-state index is 14.0. The number of β-amino-alcohol motifs (C(OH)–C–C–N with tert-alkyl or cyclic N) is 1. The van der Waals surface area contributed by atoms with E-state index in [1.807, 2.05) is 18.2 Å². The molecule has 0 amide bonds. The van der Waals surface area contributed by atoms with Gasteiger partial charge in [0.05, 0.1) is 11.8 Å². The van der Waals surface area contributed by atoms with Crippen molar-refractivity contribution in [2.24, 2.45) is 0 Å². The van der Waals surface area contributed by atoms with E-state index in [1.165, 1.54) is 13.0 Å². The van der Waals surface area contributed by atoms with Gasteiger partial charge in [0.2, 0.25) is 0 Å². The Bertz CT molecular complexity index is 852. The van der Waals surface area contributed by atoms with Crippen LogP contribution in [0.5, 0.6) is 0 Å². The summed E-state index contributed by atoms with van der Waals surface area (Å²) in [7, 11) is 0. The van der Waals surface area contributed by atoms with Crippen LogP contribution in [-0.4, -0.2) is 72.2 Å². The van der Waals surface area contributed by atoms with E-state index in [0.29, 0.717) is 17.8 Å². The molecule has 6 nitrogen and oxygen atoms in total. The van der Waals surface area contributed by atoms with Gasteiger partial charge in [-0.2, -0.15) is 0 Å². The molecule has 3 heterocycles. The van der Waals surface area contributed by atoms with Crippen LogP contribution in [0.2, 0.25) is 0 Å². The van der Waals surface area contributed by atoms with Crippen LogP contribution in [-0.2, 0) is 0 Å². The number of rotatable bonds is 4. The number of anilines is 2.